The van der Waals surface area contributed by atoms with Gasteiger partial charge in [-0.1, -0.05) is 55.0 Å². The van der Waals surface area contributed by atoms with Crippen LogP contribution in [0.4, 0.5) is 0 Å². The molecule has 112 valence electrons. The van der Waals surface area contributed by atoms with E-state index in [2.05, 4.69) is 5.32 Å². The van der Waals surface area contributed by atoms with Gasteiger partial charge in [0.1, 0.15) is 0 Å². The van der Waals surface area contributed by atoms with Crippen molar-refractivity contribution in [3.05, 3.63) is 33.8 Å². The Balaban J connectivity index is 2.16. The summed E-state index contributed by atoms with van der Waals surface area (Å²) in [6.07, 6.45) is 7.52. The van der Waals surface area contributed by atoms with E-state index < -0.39 is 5.54 Å². The lowest BCUT2D eigenvalue weighted by Crippen LogP contribution is -2.48. The van der Waals surface area contributed by atoms with Crippen LogP contribution in [0.1, 0.15) is 51.0 Å². The molecule has 1 unspecified atom stereocenters. The maximum absolute atomic E-state index is 9.86. The van der Waals surface area contributed by atoms with Gasteiger partial charge in [-0.05, 0) is 37.5 Å². The van der Waals surface area contributed by atoms with Crippen molar-refractivity contribution in [2.24, 2.45) is 0 Å². The average molecular weight is 316 g/mol. The lowest BCUT2D eigenvalue weighted by Gasteiger charge is -2.34. The van der Waals surface area contributed by atoms with Crippen LogP contribution in [0.5, 0.6) is 0 Å². The molecule has 1 aliphatic carbocycles. The second kappa shape index (κ2) is 7.13. The van der Waals surface area contributed by atoms with Crippen molar-refractivity contribution in [3.8, 4) is 0 Å². The Hall–Kier alpha value is -0.280. The molecule has 0 spiro atoms. The van der Waals surface area contributed by atoms with Crippen LogP contribution in [0.25, 0.3) is 0 Å². The fourth-order valence-electron chi connectivity index (χ4n) is 2.93. The topological polar surface area (TPSA) is 32.3 Å². The van der Waals surface area contributed by atoms with E-state index in [0.29, 0.717) is 16.1 Å². The lowest BCUT2D eigenvalue weighted by molar-refractivity contribution is 0.157. The molecule has 0 aliphatic heterocycles. The predicted molar refractivity (Wildman–Crippen MR) is 85.5 cm³/mol. The van der Waals surface area contributed by atoms with E-state index in [0.717, 1.165) is 5.56 Å². The Morgan fingerprint density at radius 1 is 1.15 bits per heavy atom. The van der Waals surface area contributed by atoms with Gasteiger partial charge in [-0.25, -0.2) is 0 Å². The third-order valence-corrected chi connectivity index (χ3v) is 4.99. The highest BCUT2D eigenvalue weighted by Gasteiger charge is 2.29. The summed E-state index contributed by atoms with van der Waals surface area (Å²) in [4.78, 5) is 0. The highest BCUT2D eigenvalue weighted by atomic mass is 35.5. The number of benzene rings is 1. The summed E-state index contributed by atoms with van der Waals surface area (Å²) < 4.78 is 0. The van der Waals surface area contributed by atoms with Gasteiger partial charge < -0.3 is 10.4 Å². The van der Waals surface area contributed by atoms with Gasteiger partial charge in [-0.15, -0.1) is 0 Å². The molecule has 0 heterocycles. The Bertz CT molecular complexity index is 444. The number of hydrogen-bond acceptors (Lipinski definition) is 2. The average Bonchev–Trinajstić information content (AvgIpc) is 2.70. The second-order valence-electron chi connectivity index (χ2n) is 5.95. The fourth-order valence-corrected chi connectivity index (χ4v) is 3.23. The zero-order valence-electron chi connectivity index (χ0n) is 12.0. The molecule has 2 N–H and O–H groups in total. The summed E-state index contributed by atoms with van der Waals surface area (Å²) >= 11 is 12.1. The van der Waals surface area contributed by atoms with E-state index in [1.807, 2.05) is 19.1 Å². The fraction of sp³-hybridized carbons (Fsp3) is 0.625. The number of halogens is 2. The van der Waals surface area contributed by atoms with Crippen molar-refractivity contribution in [2.45, 2.75) is 57.0 Å². The van der Waals surface area contributed by atoms with Crippen LogP contribution in [-0.4, -0.2) is 17.8 Å². The van der Waals surface area contributed by atoms with Crippen LogP contribution in [0, 0.1) is 0 Å². The Morgan fingerprint density at radius 3 is 2.35 bits per heavy atom. The van der Waals surface area contributed by atoms with E-state index in [4.69, 9.17) is 23.2 Å². The molecule has 0 amide bonds. The molecule has 2 nitrogen and oxygen atoms in total. The van der Waals surface area contributed by atoms with Crippen LogP contribution in [0.3, 0.4) is 0 Å². The summed E-state index contributed by atoms with van der Waals surface area (Å²) in [5.74, 6) is 0. The second-order valence-corrected chi connectivity index (χ2v) is 6.77. The summed E-state index contributed by atoms with van der Waals surface area (Å²) in [6, 6.07) is 6.05. The number of rotatable bonds is 4. The molecule has 0 aromatic heterocycles. The van der Waals surface area contributed by atoms with E-state index in [1.54, 1.807) is 6.07 Å². The molecule has 20 heavy (non-hydrogen) atoms. The first kappa shape index (κ1) is 16.1. The Labute approximate surface area is 131 Å². The van der Waals surface area contributed by atoms with Crippen molar-refractivity contribution < 1.29 is 5.11 Å². The van der Waals surface area contributed by atoms with Crippen molar-refractivity contribution >= 4 is 23.2 Å². The molecule has 1 aromatic rings. The van der Waals surface area contributed by atoms with Gasteiger partial charge in [0, 0.05) is 6.04 Å². The Kier molecular flexibility index (Phi) is 5.74. The number of aliphatic hydroxyl groups is 1. The van der Waals surface area contributed by atoms with Crippen LogP contribution < -0.4 is 5.32 Å². The first-order chi connectivity index (χ1) is 9.55. The highest BCUT2D eigenvalue weighted by molar-refractivity contribution is 6.42. The molecule has 1 aliphatic rings. The summed E-state index contributed by atoms with van der Waals surface area (Å²) in [6.45, 7) is 2.07. The summed E-state index contributed by atoms with van der Waals surface area (Å²) in [5, 5.41) is 14.6. The Morgan fingerprint density at radius 2 is 1.80 bits per heavy atom. The van der Waals surface area contributed by atoms with Crippen LogP contribution in [0.15, 0.2) is 18.2 Å². The minimum atomic E-state index is -0.469. The van der Waals surface area contributed by atoms with Gasteiger partial charge in [0.05, 0.1) is 22.2 Å². The van der Waals surface area contributed by atoms with Crippen LogP contribution >= 0.6 is 23.2 Å². The van der Waals surface area contributed by atoms with Gasteiger partial charge in [-0.2, -0.15) is 0 Å². The third-order valence-electron chi connectivity index (χ3n) is 4.25. The highest BCUT2D eigenvalue weighted by Crippen LogP contribution is 2.30. The molecular formula is C16H23Cl2NO. The van der Waals surface area contributed by atoms with Crippen LogP contribution in [0.2, 0.25) is 10.0 Å². The molecule has 2 rings (SSSR count). The summed E-state index contributed by atoms with van der Waals surface area (Å²) in [7, 11) is 0. The van der Waals surface area contributed by atoms with E-state index in [-0.39, 0.29) is 6.61 Å². The quantitative estimate of drug-likeness (QED) is 0.801. The molecule has 1 saturated carbocycles. The van der Waals surface area contributed by atoms with E-state index >= 15 is 0 Å². The van der Waals surface area contributed by atoms with E-state index in [9.17, 15) is 5.11 Å². The zero-order valence-corrected chi connectivity index (χ0v) is 13.5. The van der Waals surface area contributed by atoms with Crippen molar-refractivity contribution in [3.63, 3.8) is 0 Å². The number of aliphatic hydroxyl groups excluding tert-OH is 1. The minimum absolute atomic E-state index is 0.0431. The third kappa shape index (κ3) is 3.88. The maximum Gasteiger partial charge on any atom is 0.0652 e. The number of hydrogen-bond donors (Lipinski definition) is 2. The zero-order chi connectivity index (χ0) is 14.6. The minimum Gasteiger partial charge on any atom is -0.394 e. The molecular weight excluding hydrogens is 293 g/mol. The molecule has 0 radical (unpaired) electrons. The standard InChI is InChI=1S/C16H23Cl2NO/c1-16(11-20,12-8-9-14(17)15(18)10-12)19-13-6-4-2-3-5-7-13/h8-10,13,19-20H,2-7,11H2,1H3. The van der Waals surface area contributed by atoms with Gasteiger partial charge in [0.25, 0.3) is 0 Å². The molecule has 0 bridgehead atoms. The van der Waals surface area contributed by atoms with Gasteiger partial charge in [0.15, 0.2) is 0 Å². The van der Waals surface area contributed by atoms with Crippen molar-refractivity contribution in [1.29, 1.82) is 0 Å². The molecule has 1 fully saturated rings. The first-order valence-corrected chi connectivity index (χ1v) is 8.15. The first-order valence-electron chi connectivity index (χ1n) is 7.39. The molecule has 1 atom stereocenters. The monoisotopic (exact) mass is 315 g/mol. The molecule has 4 heteroatoms. The SMILES string of the molecule is CC(CO)(NC1CCCCCC1)c1ccc(Cl)c(Cl)c1. The van der Waals surface area contributed by atoms with Gasteiger partial charge >= 0.3 is 0 Å². The predicted octanol–water partition coefficient (Wildman–Crippen LogP) is 4.51. The van der Waals surface area contributed by atoms with E-state index in [1.165, 1.54) is 38.5 Å². The number of nitrogens with one attached hydrogen (secondary N) is 1. The maximum atomic E-state index is 9.86. The lowest BCUT2D eigenvalue weighted by atomic mass is 9.90. The largest absolute Gasteiger partial charge is 0.394 e. The smallest absolute Gasteiger partial charge is 0.0652 e. The normalized spacial score (nSPS) is 20.4. The van der Waals surface area contributed by atoms with Crippen molar-refractivity contribution in [2.75, 3.05) is 6.61 Å². The summed E-state index contributed by atoms with van der Waals surface area (Å²) in [5.41, 5.74) is 0.516. The molecule has 1 aromatic carbocycles. The molecule has 0 saturated heterocycles. The van der Waals surface area contributed by atoms with Crippen molar-refractivity contribution in [1.82, 2.24) is 5.32 Å². The van der Waals surface area contributed by atoms with Crippen LogP contribution in [-0.2, 0) is 5.54 Å². The van der Waals surface area contributed by atoms with Gasteiger partial charge in [-0.3, -0.25) is 0 Å². The van der Waals surface area contributed by atoms with Gasteiger partial charge in [0.2, 0.25) is 0 Å².